The minimum atomic E-state index is -0.116. The first-order valence-electron chi connectivity index (χ1n) is 13.3. The van der Waals surface area contributed by atoms with Crippen molar-refractivity contribution in [3.8, 4) is 0 Å². The highest BCUT2D eigenvalue weighted by Gasteiger charge is 2.14. The third kappa shape index (κ3) is 7.84. The molecular weight excluding hydrogens is 476 g/mol. The molecule has 0 spiro atoms. The van der Waals surface area contributed by atoms with Gasteiger partial charge < -0.3 is 9.88 Å². The van der Waals surface area contributed by atoms with Gasteiger partial charge in [-0.05, 0) is 61.3 Å². The lowest BCUT2D eigenvalue weighted by molar-refractivity contribution is 0.102. The third-order valence-corrected chi connectivity index (χ3v) is 6.44. The Hall–Kier alpha value is -3.82. The minimum Gasteiger partial charge on any atom is -0.337 e. The number of aryl methyl sites for hydroxylation is 1. The summed E-state index contributed by atoms with van der Waals surface area (Å²) in [5.74, 6) is 1.65. The first-order chi connectivity index (χ1) is 18.5. The van der Waals surface area contributed by atoms with Crippen molar-refractivity contribution in [3.63, 3.8) is 0 Å². The van der Waals surface area contributed by atoms with Crippen LogP contribution in [0.1, 0.15) is 59.8 Å². The highest BCUT2D eigenvalue weighted by Crippen LogP contribution is 2.16. The summed E-state index contributed by atoms with van der Waals surface area (Å²) in [5.41, 5.74) is 3.78. The quantitative estimate of drug-likeness (QED) is 0.255. The molecule has 2 aromatic carbocycles. The minimum absolute atomic E-state index is 0.116. The van der Waals surface area contributed by atoms with E-state index in [9.17, 15) is 4.79 Å². The topological polar surface area (TPSA) is 95.0 Å². The molecular formula is C29H38N8O. The number of carbonyl (C=O) groups excluding carboxylic acids is 1. The third-order valence-electron chi connectivity index (χ3n) is 6.44. The van der Waals surface area contributed by atoms with E-state index in [4.69, 9.17) is 0 Å². The predicted octanol–water partition coefficient (Wildman–Crippen LogP) is 4.61. The lowest BCUT2D eigenvalue weighted by Gasteiger charge is -2.21. The van der Waals surface area contributed by atoms with Gasteiger partial charge >= 0.3 is 0 Å². The zero-order valence-electron chi connectivity index (χ0n) is 22.6. The Morgan fingerprint density at radius 2 is 1.53 bits per heavy atom. The standard InChI is InChI=1S/C29H38N8O/c1-4-15-36(16-5-2)18-24-8-12-26(13-9-24)33-29(38)25-10-6-23(7-11-25)19-37(20-27-31-22-32-34-27)21-28-30-14-17-35(28)3/h6-14,17,22H,4-5,15-16,18-21H2,1-3H3,(H,33,38)(H,31,32,34). The number of aromatic amines is 1. The van der Waals surface area contributed by atoms with E-state index in [0.717, 1.165) is 55.4 Å². The van der Waals surface area contributed by atoms with Gasteiger partial charge in [-0.1, -0.05) is 38.1 Å². The van der Waals surface area contributed by atoms with Crippen LogP contribution in [0.15, 0.2) is 67.3 Å². The van der Waals surface area contributed by atoms with Crippen LogP contribution in [-0.4, -0.2) is 53.5 Å². The molecule has 0 radical (unpaired) electrons. The number of hydrogen-bond donors (Lipinski definition) is 2. The molecule has 2 N–H and O–H groups in total. The zero-order valence-corrected chi connectivity index (χ0v) is 22.6. The number of anilines is 1. The van der Waals surface area contributed by atoms with E-state index in [-0.39, 0.29) is 5.91 Å². The maximum atomic E-state index is 12.9. The van der Waals surface area contributed by atoms with Gasteiger partial charge in [0.05, 0.1) is 13.1 Å². The molecule has 0 saturated carbocycles. The molecule has 200 valence electrons. The average Bonchev–Trinajstić information content (AvgIpc) is 3.57. The van der Waals surface area contributed by atoms with Crippen LogP contribution < -0.4 is 5.32 Å². The van der Waals surface area contributed by atoms with Gasteiger partial charge in [0.25, 0.3) is 5.91 Å². The van der Waals surface area contributed by atoms with Crippen LogP contribution in [0, 0.1) is 0 Å². The zero-order chi connectivity index (χ0) is 26.7. The van der Waals surface area contributed by atoms with Gasteiger partial charge in [0.2, 0.25) is 0 Å². The molecule has 0 aliphatic rings. The molecule has 4 rings (SSSR count). The molecule has 0 bridgehead atoms. The summed E-state index contributed by atoms with van der Waals surface area (Å²) in [6.07, 6.45) is 7.56. The second kappa shape index (κ2) is 13.6. The molecule has 0 unspecified atom stereocenters. The summed E-state index contributed by atoms with van der Waals surface area (Å²) in [4.78, 5) is 26.3. The molecule has 0 atom stereocenters. The number of nitrogens with one attached hydrogen (secondary N) is 2. The van der Waals surface area contributed by atoms with Crippen molar-refractivity contribution >= 4 is 11.6 Å². The Kier molecular flexibility index (Phi) is 9.77. The number of amides is 1. The van der Waals surface area contributed by atoms with E-state index in [0.29, 0.717) is 25.2 Å². The summed E-state index contributed by atoms with van der Waals surface area (Å²) >= 11 is 0. The van der Waals surface area contributed by atoms with Crippen molar-refractivity contribution in [2.45, 2.75) is 52.9 Å². The summed E-state index contributed by atoms with van der Waals surface area (Å²) in [5, 5.41) is 9.92. The number of carbonyl (C=O) groups is 1. The Morgan fingerprint density at radius 3 is 2.11 bits per heavy atom. The van der Waals surface area contributed by atoms with Crippen molar-refractivity contribution in [1.82, 2.24) is 34.5 Å². The number of H-pyrrole nitrogens is 1. The van der Waals surface area contributed by atoms with Crippen LogP contribution in [0.2, 0.25) is 0 Å². The monoisotopic (exact) mass is 514 g/mol. The first kappa shape index (κ1) is 27.2. The lowest BCUT2D eigenvalue weighted by atomic mass is 10.1. The van der Waals surface area contributed by atoms with E-state index in [2.05, 4.69) is 61.3 Å². The molecule has 4 aromatic rings. The second-order valence-electron chi connectivity index (χ2n) is 9.66. The SMILES string of the molecule is CCCN(CCC)Cc1ccc(NC(=O)c2ccc(CN(Cc3ncn[nH]3)Cc3nccn3C)cc2)cc1. The Morgan fingerprint density at radius 1 is 0.868 bits per heavy atom. The van der Waals surface area contributed by atoms with Gasteiger partial charge in [-0.2, -0.15) is 5.10 Å². The van der Waals surface area contributed by atoms with Crippen molar-refractivity contribution in [2.75, 3.05) is 18.4 Å². The molecule has 0 aliphatic carbocycles. The fraction of sp³-hybridized carbons (Fsp3) is 0.379. The molecule has 0 fully saturated rings. The lowest BCUT2D eigenvalue weighted by Crippen LogP contribution is -2.25. The highest BCUT2D eigenvalue weighted by molar-refractivity contribution is 6.04. The van der Waals surface area contributed by atoms with E-state index in [1.165, 1.54) is 11.9 Å². The molecule has 2 heterocycles. The average molecular weight is 515 g/mol. The molecule has 9 heteroatoms. The second-order valence-corrected chi connectivity index (χ2v) is 9.66. The van der Waals surface area contributed by atoms with E-state index < -0.39 is 0 Å². The number of hydrogen-bond acceptors (Lipinski definition) is 6. The molecule has 1 amide bonds. The van der Waals surface area contributed by atoms with Crippen LogP contribution in [-0.2, 0) is 33.2 Å². The summed E-state index contributed by atoms with van der Waals surface area (Å²) in [6, 6.07) is 15.9. The Bertz CT molecular complexity index is 1240. The van der Waals surface area contributed by atoms with E-state index in [1.54, 1.807) is 6.20 Å². The van der Waals surface area contributed by atoms with Gasteiger partial charge in [0.15, 0.2) is 0 Å². The van der Waals surface area contributed by atoms with Crippen molar-refractivity contribution in [3.05, 3.63) is 95.6 Å². The fourth-order valence-corrected chi connectivity index (χ4v) is 4.51. The Balaban J connectivity index is 1.35. The normalized spacial score (nSPS) is 11.4. The number of rotatable bonds is 14. The van der Waals surface area contributed by atoms with Gasteiger partial charge in [-0.3, -0.25) is 19.7 Å². The maximum Gasteiger partial charge on any atom is 0.255 e. The summed E-state index contributed by atoms with van der Waals surface area (Å²) in [7, 11) is 1.99. The van der Waals surface area contributed by atoms with Gasteiger partial charge in [-0.25, -0.2) is 9.97 Å². The van der Waals surface area contributed by atoms with Gasteiger partial charge in [-0.15, -0.1) is 0 Å². The molecule has 38 heavy (non-hydrogen) atoms. The predicted molar refractivity (Wildman–Crippen MR) is 149 cm³/mol. The molecule has 0 saturated heterocycles. The van der Waals surface area contributed by atoms with Crippen molar-refractivity contribution in [1.29, 1.82) is 0 Å². The van der Waals surface area contributed by atoms with Crippen LogP contribution in [0.5, 0.6) is 0 Å². The van der Waals surface area contributed by atoms with Crippen molar-refractivity contribution in [2.24, 2.45) is 7.05 Å². The van der Waals surface area contributed by atoms with Gasteiger partial charge in [0.1, 0.15) is 18.0 Å². The highest BCUT2D eigenvalue weighted by atomic mass is 16.1. The summed E-state index contributed by atoms with van der Waals surface area (Å²) in [6.45, 7) is 9.52. The maximum absolute atomic E-state index is 12.9. The number of imidazole rings is 1. The smallest absolute Gasteiger partial charge is 0.255 e. The molecule has 9 nitrogen and oxygen atoms in total. The largest absolute Gasteiger partial charge is 0.337 e. The van der Waals surface area contributed by atoms with E-state index >= 15 is 0 Å². The van der Waals surface area contributed by atoms with Crippen LogP contribution in [0.25, 0.3) is 0 Å². The molecule has 2 aromatic heterocycles. The number of aromatic nitrogens is 5. The Labute approximate surface area is 224 Å². The summed E-state index contributed by atoms with van der Waals surface area (Å²) < 4.78 is 2.01. The fourth-order valence-electron chi connectivity index (χ4n) is 4.51. The van der Waals surface area contributed by atoms with Crippen LogP contribution >= 0.6 is 0 Å². The number of benzene rings is 2. The van der Waals surface area contributed by atoms with Crippen LogP contribution in [0.4, 0.5) is 5.69 Å². The van der Waals surface area contributed by atoms with Crippen LogP contribution in [0.3, 0.4) is 0 Å². The first-order valence-corrected chi connectivity index (χ1v) is 13.3. The van der Waals surface area contributed by atoms with Crippen molar-refractivity contribution < 1.29 is 4.79 Å². The van der Waals surface area contributed by atoms with Gasteiger partial charge in [0, 0.05) is 43.8 Å². The number of nitrogens with zero attached hydrogens (tertiary/aromatic N) is 6. The molecule has 0 aliphatic heterocycles. The van der Waals surface area contributed by atoms with E-state index in [1.807, 2.05) is 54.2 Å².